The van der Waals surface area contributed by atoms with Crippen molar-refractivity contribution in [3.05, 3.63) is 65.8 Å². The van der Waals surface area contributed by atoms with E-state index in [0.717, 1.165) is 59.6 Å². The fourth-order valence-corrected chi connectivity index (χ4v) is 4.54. The van der Waals surface area contributed by atoms with E-state index in [9.17, 15) is 5.11 Å². The zero-order valence-electron chi connectivity index (χ0n) is 16.8. The second kappa shape index (κ2) is 7.67. The highest BCUT2D eigenvalue weighted by Gasteiger charge is 2.21. The maximum Gasteiger partial charge on any atom is 0.142 e. The number of aromatic hydroxyl groups is 1. The highest BCUT2D eigenvalue weighted by molar-refractivity contribution is 6.37. The average molecular weight is 419 g/mol. The molecular formula is C24H23ClN4O. The van der Waals surface area contributed by atoms with Crippen molar-refractivity contribution >= 4 is 28.3 Å². The van der Waals surface area contributed by atoms with Crippen LogP contribution in [-0.2, 0) is 7.05 Å². The van der Waals surface area contributed by atoms with Gasteiger partial charge in [0, 0.05) is 56.1 Å². The monoisotopic (exact) mass is 418 g/mol. The molecule has 0 spiro atoms. The highest BCUT2D eigenvalue weighted by atomic mass is 35.5. The quantitative estimate of drug-likeness (QED) is 0.507. The Balaban J connectivity index is 1.68. The number of halogens is 1. The minimum Gasteiger partial charge on any atom is -0.508 e. The van der Waals surface area contributed by atoms with E-state index in [2.05, 4.69) is 44.0 Å². The van der Waals surface area contributed by atoms with Gasteiger partial charge in [-0.25, -0.2) is 4.98 Å². The first-order valence-electron chi connectivity index (χ1n) is 10.1. The zero-order chi connectivity index (χ0) is 20.7. The molecule has 0 unspecified atom stereocenters. The smallest absolute Gasteiger partial charge is 0.142 e. The van der Waals surface area contributed by atoms with Crippen LogP contribution >= 0.6 is 11.6 Å². The Morgan fingerprint density at radius 2 is 1.60 bits per heavy atom. The molecule has 2 aromatic carbocycles. The predicted octanol–water partition coefficient (Wildman–Crippen LogP) is 4.68. The summed E-state index contributed by atoms with van der Waals surface area (Å²) in [5.74, 6) is 0.241. The van der Waals surface area contributed by atoms with Crippen LogP contribution in [0, 0.1) is 0 Å². The lowest BCUT2D eigenvalue weighted by Gasteiger charge is -2.29. The van der Waals surface area contributed by atoms with Gasteiger partial charge >= 0.3 is 0 Å². The summed E-state index contributed by atoms with van der Waals surface area (Å²) in [5.41, 5.74) is 6.26. The van der Waals surface area contributed by atoms with Crippen molar-refractivity contribution < 1.29 is 5.11 Å². The number of nitrogens with zero attached hydrogens (tertiary/aromatic N) is 3. The van der Waals surface area contributed by atoms with Crippen LogP contribution in [0.15, 0.2) is 60.8 Å². The number of anilines is 1. The molecule has 2 N–H and O–H groups in total. The van der Waals surface area contributed by atoms with E-state index in [4.69, 9.17) is 11.6 Å². The minimum absolute atomic E-state index is 0.241. The summed E-state index contributed by atoms with van der Waals surface area (Å²) in [6.45, 7) is 4.07. The number of nitrogens with one attached hydrogen (secondary N) is 1. The number of pyridine rings is 1. The van der Waals surface area contributed by atoms with E-state index >= 15 is 0 Å². The summed E-state index contributed by atoms with van der Waals surface area (Å²) < 4.78 is 2.10. The minimum atomic E-state index is 0.241. The first kappa shape index (κ1) is 19.0. The van der Waals surface area contributed by atoms with E-state index in [1.165, 1.54) is 5.69 Å². The van der Waals surface area contributed by atoms with Crippen molar-refractivity contribution in [1.29, 1.82) is 0 Å². The molecule has 2 aromatic heterocycles. The summed E-state index contributed by atoms with van der Waals surface area (Å²) in [5, 5.41) is 14.8. The molecule has 0 saturated carbocycles. The number of aryl methyl sites for hydroxylation is 1. The normalized spacial score (nSPS) is 14.4. The molecule has 5 rings (SSSR count). The fraction of sp³-hybridized carbons (Fsp3) is 0.208. The lowest BCUT2D eigenvalue weighted by Crippen LogP contribution is -2.43. The standard InChI is InChI=1S/C24H23ClN4O/c1-28-23(17-2-6-18(7-3-17)29-14-12-26-13-15-29)21(16-4-8-19(30)9-5-16)22-20(25)10-11-27-24(22)28/h2-11,26,30H,12-15H2,1H3. The van der Waals surface area contributed by atoms with Crippen LogP contribution in [0.5, 0.6) is 5.75 Å². The Labute approximate surface area is 180 Å². The van der Waals surface area contributed by atoms with Crippen LogP contribution in [0.2, 0.25) is 5.02 Å². The van der Waals surface area contributed by atoms with Crippen LogP contribution in [0.1, 0.15) is 0 Å². The largest absolute Gasteiger partial charge is 0.508 e. The Morgan fingerprint density at radius 1 is 0.933 bits per heavy atom. The van der Waals surface area contributed by atoms with Gasteiger partial charge in [-0.1, -0.05) is 35.9 Å². The highest BCUT2D eigenvalue weighted by Crippen LogP contribution is 2.43. The molecule has 1 fully saturated rings. The Morgan fingerprint density at radius 3 is 2.30 bits per heavy atom. The maximum atomic E-state index is 9.76. The van der Waals surface area contributed by atoms with E-state index < -0.39 is 0 Å². The second-order valence-corrected chi connectivity index (χ2v) is 8.01. The first-order valence-corrected chi connectivity index (χ1v) is 10.5. The summed E-state index contributed by atoms with van der Waals surface area (Å²) in [6, 6.07) is 17.8. The number of aromatic nitrogens is 2. The van der Waals surface area contributed by atoms with Gasteiger partial charge in [-0.15, -0.1) is 0 Å². The van der Waals surface area contributed by atoms with E-state index in [-0.39, 0.29) is 5.75 Å². The molecule has 1 aliphatic rings. The molecule has 5 nitrogen and oxygen atoms in total. The van der Waals surface area contributed by atoms with Gasteiger partial charge in [-0.3, -0.25) is 0 Å². The zero-order valence-corrected chi connectivity index (χ0v) is 17.5. The molecule has 0 aliphatic carbocycles. The van der Waals surface area contributed by atoms with Crippen LogP contribution in [0.3, 0.4) is 0 Å². The number of phenolic OH excluding ortho intramolecular Hbond substituents is 1. The molecule has 0 radical (unpaired) electrons. The molecule has 1 saturated heterocycles. The molecule has 30 heavy (non-hydrogen) atoms. The van der Waals surface area contributed by atoms with Gasteiger partial charge in [0.05, 0.1) is 10.7 Å². The first-order chi connectivity index (χ1) is 14.6. The number of benzene rings is 2. The van der Waals surface area contributed by atoms with E-state index in [0.29, 0.717) is 5.02 Å². The summed E-state index contributed by atoms with van der Waals surface area (Å²) >= 11 is 6.63. The van der Waals surface area contributed by atoms with Crippen molar-refractivity contribution in [2.75, 3.05) is 31.1 Å². The molecule has 6 heteroatoms. The Kier molecular flexibility index (Phi) is 4.85. The average Bonchev–Trinajstić information content (AvgIpc) is 3.09. The lowest BCUT2D eigenvalue weighted by atomic mass is 9.98. The molecule has 0 atom stereocenters. The van der Waals surface area contributed by atoms with Gasteiger partial charge in [-0.2, -0.15) is 0 Å². The van der Waals surface area contributed by atoms with Gasteiger partial charge in [0.2, 0.25) is 0 Å². The number of hydrogen-bond acceptors (Lipinski definition) is 4. The van der Waals surface area contributed by atoms with Crippen molar-refractivity contribution in [3.63, 3.8) is 0 Å². The van der Waals surface area contributed by atoms with Gasteiger partial charge in [0.25, 0.3) is 0 Å². The SMILES string of the molecule is Cn1c(-c2ccc(N3CCNCC3)cc2)c(-c2ccc(O)cc2)c2c(Cl)ccnc21. The Bertz CT molecular complexity index is 1190. The van der Waals surface area contributed by atoms with Gasteiger partial charge in [0.15, 0.2) is 0 Å². The summed E-state index contributed by atoms with van der Waals surface area (Å²) in [7, 11) is 2.02. The number of rotatable bonds is 3. The molecule has 0 amide bonds. The fourth-order valence-electron chi connectivity index (χ4n) is 4.31. The number of piperazine rings is 1. The topological polar surface area (TPSA) is 53.3 Å². The third-order valence-corrected chi connectivity index (χ3v) is 6.11. The number of hydrogen-bond donors (Lipinski definition) is 2. The van der Waals surface area contributed by atoms with Crippen molar-refractivity contribution in [3.8, 4) is 28.1 Å². The van der Waals surface area contributed by atoms with Gasteiger partial charge in [0.1, 0.15) is 11.4 Å². The molecule has 152 valence electrons. The summed E-state index contributed by atoms with van der Waals surface area (Å²) in [4.78, 5) is 7.00. The van der Waals surface area contributed by atoms with Gasteiger partial charge in [-0.05, 0) is 41.5 Å². The summed E-state index contributed by atoms with van der Waals surface area (Å²) in [6.07, 6.45) is 1.74. The third-order valence-electron chi connectivity index (χ3n) is 5.80. The maximum absolute atomic E-state index is 9.76. The van der Waals surface area contributed by atoms with Crippen LogP contribution < -0.4 is 10.2 Å². The van der Waals surface area contributed by atoms with Crippen LogP contribution in [0.4, 0.5) is 5.69 Å². The molecule has 4 aromatic rings. The van der Waals surface area contributed by atoms with Crippen molar-refractivity contribution in [2.45, 2.75) is 0 Å². The Hall–Kier alpha value is -3.02. The number of phenols is 1. The molecule has 1 aliphatic heterocycles. The van der Waals surface area contributed by atoms with E-state index in [1.54, 1.807) is 18.3 Å². The van der Waals surface area contributed by atoms with Crippen molar-refractivity contribution in [1.82, 2.24) is 14.9 Å². The second-order valence-electron chi connectivity index (χ2n) is 7.60. The van der Waals surface area contributed by atoms with Crippen LogP contribution in [-0.4, -0.2) is 40.8 Å². The predicted molar refractivity (Wildman–Crippen MR) is 123 cm³/mol. The molecular weight excluding hydrogens is 396 g/mol. The lowest BCUT2D eigenvalue weighted by molar-refractivity contribution is 0.475. The molecule has 3 heterocycles. The number of fused-ring (bicyclic) bond motifs is 1. The van der Waals surface area contributed by atoms with Crippen LogP contribution in [0.25, 0.3) is 33.4 Å². The molecule has 0 bridgehead atoms. The van der Waals surface area contributed by atoms with Gasteiger partial charge < -0.3 is 19.9 Å². The van der Waals surface area contributed by atoms with Crippen molar-refractivity contribution in [2.24, 2.45) is 7.05 Å². The van der Waals surface area contributed by atoms with E-state index in [1.807, 2.05) is 25.2 Å². The third kappa shape index (κ3) is 3.20.